The summed E-state index contributed by atoms with van der Waals surface area (Å²) in [4.78, 5) is 41.7. The number of nitrogens with one attached hydrogen (secondary N) is 1. The summed E-state index contributed by atoms with van der Waals surface area (Å²) in [5.74, 6) is -0.295. The van der Waals surface area contributed by atoms with Crippen molar-refractivity contribution in [3.8, 4) is 0 Å². The Morgan fingerprint density at radius 2 is 1.88 bits per heavy atom. The van der Waals surface area contributed by atoms with Crippen molar-refractivity contribution in [2.75, 3.05) is 24.5 Å². The summed E-state index contributed by atoms with van der Waals surface area (Å²) in [5, 5.41) is 2.87. The van der Waals surface area contributed by atoms with Gasteiger partial charge in [-0.15, -0.1) is 0 Å². The Bertz CT molecular complexity index is 828. The van der Waals surface area contributed by atoms with E-state index in [-0.39, 0.29) is 18.0 Å². The molecule has 0 aromatic heterocycles. The lowest BCUT2D eigenvalue weighted by molar-refractivity contribution is -0.157. The average molecular weight is 445 g/mol. The molecule has 1 fully saturated rings. The minimum absolute atomic E-state index is 0.0846. The van der Waals surface area contributed by atoms with E-state index in [0.717, 1.165) is 24.1 Å². The molecule has 8 nitrogen and oxygen atoms in total. The van der Waals surface area contributed by atoms with Gasteiger partial charge in [0.2, 0.25) is 5.91 Å². The molecule has 3 rings (SSSR count). The molecule has 0 aliphatic carbocycles. The van der Waals surface area contributed by atoms with E-state index in [9.17, 15) is 14.4 Å². The van der Waals surface area contributed by atoms with Crippen molar-refractivity contribution in [1.82, 2.24) is 10.2 Å². The van der Waals surface area contributed by atoms with Gasteiger partial charge in [-0.1, -0.05) is 18.2 Å². The molecular formula is C24H36N4O4. The molecule has 176 valence electrons. The van der Waals surface area contributed by atoms with E-state index >= 15 is 0 Å². The molecule has 0 spiro atoms. The van der Waals surface area contributed by atoms with Crippen molar-refractivity contribution in [1.29, 1.82) is 0 Å². The smallest absolute Gasteiger partial charge is 0.329 e. The molecule has 0 radical (unpaired) electrons. The fourth-order valence-corrected chi connectivity index (χ4v) is 4.36. The van der Waals surface area contributed by atoms with E-state index in [4.69, 9.17) is 10.5 Å². The monoisotopic (exact) mass is 444 g/mol. The number of carbonyl (C=O) groups is 3. The van der Waals surface area contributed by atoms with Crippen molar-refractivity contribution in [3.63, 3.8) is 0 Å². The number of ether oxygens (including phenoxy) is 1. The topological polar surface area (TPSA) is 105 Å². The van der Waals surface area contributed by atoms with Crippen molar-refractivity contribution in [2.24, 2.45) is 5.73 Å². The molecule has 2 aliphatic rings. The van der Waals surface area contributed by atoms with Gasteiger partial charge >= 0.3 is 12.0 Å². The van der Waals surface area contributed by atoms with Crippen LogP contribution in [0.1, 0.15) is 58.4 Å². The molecule has 1 atom stereocenters. The second kappa shape index (κ2) is 10.3. The van der Waals surface area contributed by atoms with Gasteiger partial charge in [-0.05, 0) is 71.0 Å². The minimum Gasteiger partial charge on any atom is -0.458 e. The van der Waals surface area contributed by atoms with E-state index in [1.807, 2.05) is 49.9 Å². The Morgan fingerprint density at radius 1 is 1.19 bits per heavy atom. The predicted octanol–water partition coefficient (Wildman–Crippen LogP) is 2.59. The second-order valence-electron chi connectivity index (χ2n) is 9.61. The highest BCUT2D eigenvalue weighted by molar-refractivity contribution is 6.01. The van der Waals surface area contributed by atoms with Gasteiger partial charge in [0, 0.05) is 24.8 Å². The lowest BCUT2D eigenvalue weighted by Crippen LogP contribution is -2.53. The molecule has 1 aromatic carbocycles. The van der Waals surface area contributed by atoms with Crippen LogP contribution >= 0.6 is 0 Å². The standard InChI is InChI=1S/C24H36N4O4/c1-24(2,3)32-22(30)19(9-6-7-13-25)26-23(31)27-14-11-18(12-15-27)28-20-10-5-4-8-17(20)16-21(28)29/h4-5,8,10,18-19H,6-7,9,11-16,25H2,1-3H3,(H,26,31). The number of likely N-dealkylation sites (tertiary alicyclic amines) is 1. The number of piperidine rings is 1. The van der Waals surface area contributed by atoms with Crippen molar-refractivity contribution >= 4 is 23.6 Å². The summed E-state index contributed by atoms with van der Waals surface area (Å²) in [6, 6.07) is 7.02. The highest BCUT2D eigenvalue weighted by atomic mass is 16.6. The lowest BCUT2D eigenvalue weighted by atomic mass is 10.0. The van der Waals surface area contributed by atoms with Crippen LogP contribution in [0, 0.1) is 0 Å². The number of para-hydroxylation sites is 1. The van der Waals surface area contributed by atoms with E-state index < -0.39 is 17.6 Å². The van der Waals surface area contributed by atoms with Crippen LogP contribution in [0.25, 0.3) is 0 Å². The zero-order valence-electron chi connectivity index (χ0n) is 19.4. The Kier molecular flexibility index (Phi) is 7.77. The van der Waals surface area contributed by atoms with Crippen LogP contribution in [0.4, 0.5) is 10.5 Å². The molecule has 1 unspecified atom stereocenters. The largest absolute Gasteiger partial charge is 0.458 e. The quantitative estimate of drug-likeness (QED) is 0.497. The number of nitrogens with two attached hydrogens (primary N) is 1. The van der Waals surface area contributed by atoms with Crippen LogP contribution in [0.3, 0.4) is 0 Å². The fourth-order valence-electron chi connectivity index (χ4n) is 4.36. The number of fused-ring (bicyclic) bond motifs is 1. The number of unbranched alkanes of at least 4 members (excludes halogenated alkanes) is 1. The number of urea groups is 1. The Labute approximate surface area is 190 Å². The summed E-state index contributed by atoms with van der Waals surface area (Å²) in [7, 11) is 0. The highest BCUT2D eigenvalue weighted by Crippen LogP contribution is 2.33. The van der Waals surface area contributed by atoms with Gasteiger partial charge in [0.25, 0.3) is 0 Å². The van der Waals surface area contributed by atoms with Crippen molar-refractivity contribution < 1.29 is 19.1 Å². The van der Waals surface area contributed by atoms with E-state index in [0.29, 0.717) is 45.3 Å². The Morgan fingerprint density at radius 3 is 2.53 bits per heavy atom. The first-order chi connectivity index (χ1) is 15.2. The number of nitrogens with zero attached hydrogens (tertiary/aromatic N) is 2. The van der Waals surface area contributed by atoms with Crippen LogP contribution in [0.15, 0.2) is 24.3 Å². The van der Waals surface area contributed by atoms with Gasteiger partial charge in [-0.2, -0.15) is 0 Å². The first-order valence-electron chi connectivity index (χ1n) is 11.6. The molecule has 3 N–H and O–H groups in total. The summed E-state index contributed by atoms with van der Waals surface area (Å²) in [5.41, 5.74) is 7.01. The second-order valence-corrected chi connectivity index (χ2v) is 9.61. The zero-order valence-corrected chi connectivity index (χ0v) is 19.4. The molecule has 0 saturated carbocycles. The number of anilines is 1. The molecule has 32 heavy (non-hydrogen) atoms. The molecule has 2 heterocycles. The van der Waals surface area contributed by atoms with Crippen molar-refractivity contribution in [3.05, 3.63) is 29.8 Å². The number of hydrogen-bond donors (Lipinski definition) is 2. The molecule has 1 aromatic rings. The third kappa shape index (κ3) is 6.00. The number of benzene rings is 1. The maximum Gasteiger partial charge on any atom is 0.329 e. The molecule has 2 aliphatic heterocycles. The van der Waals surface area contributed by atoms with Gasteiger partial charge < -0.3 is 25.6 Å². The number of rotatable bonds is 7. The number of amides is 3. The van der Waals surface area contributed by atoms with Gasteiger partial charge in [0.15, 0.2) is 0 Å². The van der Waals surface area contributed by atoms with Gasteiger partial charge in [0.05, 0.1) is 6.42 Å². The van der Waals surface area contributed by atoms with E-state index in [2.05, 4.69) is 5.32 Å². The van der Waals surface area contributed by atoms with Gasteiger partial charge in [-0.3, -0.25) is 4.79 Å². The molecular weight excluding hydrogens is 408 g/mol. The van der Waals surface area contributed by atoms with Crippen LogP contribution < -0.4 is 16.0 Å². The van der Waals surface area contributed by atoms with E-state index in [1.54, 1.807) is 4.90 Å². The molecule has 0 bridgehead atoms. The summed E-state index contributed by atoms with van der Waals surface area (Å²) < 4.78 is 5.50. The highest BCUT2D eigenvalue weighted by Gasteiger charge is 2.36. The molecule has 1 saturated heterocycles. The normalized spacial score (nSPS) is 17.8. The van der Waals surface area contributed by atoms with Gasteiger partial charge in [-0.25, -0.2) is 9.59 Å². The maximum absolute atomic E-state index is 12.9. The third-order valence-corrected chi connectivity index (χ3v) is 5.91. The first kappa shape index (κ1) is 24.0. The number of carbonyl (C=O) groups excluding carboxylic acids is 3. The van der Waals surface area contributed by atoms with Crippen LogP contribution in [0.2, 0.25) is 0 Å². The maximum atomic E-state index is 12.9. The fraction of sp³-hybridized carbons (Fsp3) is 0.625. The summed E-state index contributed by atoms with van der Waals surface area (Å²) >= 11 is 0. The Hall–Kier alpha value is -2.61. The van der Waals surface area contributed by atoms with Crippen LogP contribution in [-0.4, -0.2) is 60.1 Å². The zero-order chi connectivity index (χ0) is 23.3. The lowest BCUT2D eigenvalue weighted by Gasteiger charge is -2.37. The summed E-state index contributed by atoms with van der Waals surface area (Å²) in [6.07, 6.45) is 3.87. The number of hydrogen-bond acceptors (Lipinski definition) is 5. The van der Waals surface area contributed by atoms with Crippen LogP contribution in [-0.2, 0) is 20.7 Å². The van der Waals surface area contributed by atoms with E-state index in [1.165, 1.54) is 0 Å². The molecule has 3 amide bonds. The Balaban J connectivity index is 1.57. The SMILES string of the molecule is CC(C)(C)OC(=O)C(CCCCN)NC(=O)N1CCC(N2C(=O)Cc3ccccc32)CC1. The average Bonchev–Trinajstić information content (AvgIpc) is 3.07. The predicted molar refractivity (Wildman–Crippen MR) is 123 cm³/mol. The van der Waals surface area contributed by atoms with Crippen LogP contribution in [0.5, 0.6) is 0 Å². The number of esters is 1. The minimum atomic E-state index is -0.696. The molecule has 8 heteroatoms. The first-order valence-corrected chi connectivity index (χ1v) is 11.6. The third-order valence-electron chi connectivity index (χ3n) is 5.91. The van der Waals surface area contributed by atoms with Crippen molar-refractivity contribution in [2.45, 2.75) is 77.0 Å². The van der Waals surface area contributed by atoms with Gasteiger partial charge in [0.1, 0.15) is 11.6 Å². The summed E-state index contributed by atoms with van der Waals surface area (Å²) in [6.45, 7) is 7.05.